The number of carbonyl (C=O) groups excluding carboxylic acids is 2. The normalized spacial score (nSPS) is 11.5. The molecule has 0 aromatic heterocycles. The fraction of sp³-hybridized carbons (Fsp3) is 0.130. The van der Waals surface area contributed by atoms with E-state index < -0.39 is 17.8 Å². The van der Waals surface area contributed by atoms with Gasteiger partial charge in [0.05, 0.1) is 0 Å². The van der Waals surface area contributed by atoms with Crippen molar-refractivity contribution in [3.05, 3.63) is 101 Å². The molecule has 0 aliphatic rings. The van der Waals surface area contributed by atoms with E-state index in [2.05, 4.69) is 10.6 Å². The predicted molar refractivity (Wildman–Crippen MR) is 108 cm³/mol. The minimum Gasteiger partial charge on any atom is -0.340 e. The van der Waals surface area contributed by atoms with Crippen molar-refractivity contribution in [1.82, 2.24) is 5.32 Å². The molecule has 0 saturated heterocycles. The van der Waals surface area contributed by atoms with Gasteiger partial charge in [0, 0.05) is 17.7 Å². The van der Waals surface area contributed by atoms with Gasteiger partial charge < -0.3 is 10.6 Å². The summed E-state index contributed by atoms with van der Waals surface area (Å²) in [5, 5.41) is 5.48. The molecule has 1 atom stereocenters. The molecule has 0 heterocycles. The Morgan fingerprint density at radius 2 is 1.57 bits per heavy atom. The summed E-state index contributed by atoms with van der Waals surface area (Å²) in [7, 11) is 0. The number of anilines is 1. The van der Waals surface area contributed by atoms with Gasteiger partial charge in [0.25, 0.3) is 5.91 Å². The zero-order valence-corrected chi connectivity index (χ0v) is 15.5. The highest BCUT2D eigenvalue weighted by Gasteiger charge is 2.22. The number of aryl methyl sites for hydroxylation is 1. The van der Waals surface area contributed by atoms with Gasteiger partial charge in [-0.15, -0.1) is 0 Å². The Balaban J connectivity index is 1.79. The van der Waals surface area contributed by atoms with Crippen LogP contribution in [0.2, 0.25) is 0 Å². The summed E-state index contributed by atoms with van der Waals surface area (Å²) in [4.78, 5) is 25.4. The standard InChI is InChI=1S/C23H21FN2O2/c1-16-12-13-19(15-20(16)24)25-23(28)21(14-17-8-4-2-5-9-17)26-22(27)18-10-6-3-7-11-18/h2-13,15,21H,14H2,1H3,(H,25,28)(H,26,27)/t21-/m1/s1. The number of hydrogen-bond acceptors (Lipinski definition) is 2. The van der Waals surface area contributed by atoms with Crippen molar-refractivity contribution in [3.8, 4) is 0 Å². The van der Waals surface area contributed by atoms with E-state index in [4.69, 9.17) is 0 Å². The first kappa shape index (κ1) is 19.3. The fourth-order valence-electron chi connectivity index (χ4n) is 2.79. The van der Waals surface area contributed by atoms with E-state index in [0.29, 0.717) is 23.2 Å². The lowest BCUT2D eigenvalue weighted by molar-refractivity contribution is -0.118. The molecule has 0 aliphatic carbocycles. The Morgan fingerprint density at radius 1 is 0.929 bits per heavy atom. The largest absolute Gasteiger partial charge is 0.340 e. The zero-order chi connectivity index (χ0) is 19.9. The molecule has 5 heteroatoms. The van der Waals surface area contributed by atoms with Gasteiger partial charge in [-0.1, -0.05) is 54.6 Å². The molecule has 0 bridgehead atoms. The van der Waals surface area contributed by atoms with Gasteiger partial charge in [-0.3, -0.25) is 9.59 Å². The number of benzene rings is 3. The molecule has 3 aromatic rings. The van der Waals surface area contributed by atoms with Crippen LogP contribution in [0.3, 0.4) is 0 Å². The molecule has 4 nitrogen and oxygen atoms in total. The van der Waals surface area contributed by atoms with Crippen LogP contribution >= 0.6 is 0 Å². The second-order valence-corrected chi connectivity index (χ2v) is 6.54. The second-order valence-electron chi connectivity index (χ2n) is 6.54. The van der Waals surface area contributed by atoms with Crippen molar-refractivity contribution in [2.75, 3.05) is 5.32 Å². The highest BCUT2D eigenvalue weighted by molar-refractivity contribution is 6.01. The molecule has 2 amide bonds. The smallest absolute Gasteiger partial charge is 0.251 e. The third-order valence-corrected chi connectivity index (χ3v) is 4.38. The molecule has 0 unspecified atom stereocenters. The Labute approximate surface area is 163 Å². The summed E-state index contributed by atoms with van der Waals surface area (Å²) in [5.74, 6) is -1.14. The lowest BCUT2D eigenvalue weighted by atomic mass is 10.0. The van der Waals surface area contributed by atoms with Crippen LogP contribution in [0.5, 0.6) is 0 Å². The highest BCUT2D eigenvalue weighted by Crippen LogP contribution is 2.15. The third-order valence-electron chi connectivity index (χ3n) is 4.38. The third kappa shape index (κ3) is 5.04. The Kier molecular flexibility index (Phi) is 6.17. The van der Waals surface area contributed by atoms with Crippen molar-refractivity contribution >= 4 is 17.5 Å². The van der Waals surface area contributed by atoms with E-state index >= 15 is 0 Å². The fourth-order valence-corrected chi connectivity index (χ4v) is 2.79. The second kappa shape index (κ2) is 8.95. The topological polar surface area (TPSA) is 58.2 Å². The van der Waals surface area contributed by atoms with E-state index in [1.807, 2.05) is 36.4 Å². The average molecular weight is 376 g/mol. The molecule has 2 N–H and O–H groups in total. The lowest BCUT2D eigenvalue weighted by Gasteiger charge is -2.19. The van der Waals surface area contributed by atoms with E-state index in [9.17, 15) is 14.0 Å². The van der Waals surface area contributed by atoms with Crippen LogP contribution in [0.15, 0.2) is 78.9 Å². The van der Waals surface area contributed by atoms with E-state index in [1.54, 1.807) is 43.3 Å². The molecule has 142 valence electrons. The van der Waals surface area contributed by atoms with Crippen molar-refractivity contribution in [2.24, 2.45) is 0 Å². The monoisotopic (exact) mass is 376 g/mol. The van der Waals surface area contributed by atoms with Crippen LogP contribution < -0.4 is 10.6 Å². The Hall–Kier alpha value is -3.47. The van der Waals surface area contributed by atoms with Crippen LogP contribution in [0.1, 0.15) is 21.5 Å². The van der Waals surface area contributed by atoms with Crippen LogP contribution in [0.4, 0.5) is 10.1 Å². The number of halogens is 1. The Bertz CT molecular complexity index is 959. The number of amides is 2. The van der Waals surface area contributed by atoms with Gasteiger partial charge in [0.1, 0.15) is 11.9 Å². The van der Waals surface area contributed by atoms with Gasteiger partial charge in [0.2, 0.25) is 5.91 Å². The first-order valence-corrected chi connectivity index (χ1v) is 9.00. The minimum absolute atomic E-state index is 0.319. The molecule has 3 rings (SSSR count). The Morgan fingerprint density at radius 3 is 2.21 bits per heavy atom. The summed E-state index contributed by atoms with van der Waals surface area (Å²) >= 11 is 0. The van der Waals surface area contributed by atoms with Crippen molar-refractivity contribution < 1.29 is 14.0 Å². The summed E-state index contributed by atoms with van der Waals surface area (Å²) < 4.78 is 13.8. The van der Waals surface area contributed by atoms with Crippen LogP contribution in [-0.4, -0.2) is 17.9 Å². The van der Waals surface area contributed by atoms with E-state index in [0.717, 1.165) is 5.56 Å². The number of carbonyl (C=O) groups is 2. The predicted octanol–water partition coefficient (Wildman–Crippen LogP) is 4.11. The molecule has 0 saturated carbocycles. The van der Waals surface area contributed by atoms with Crippen LogP contribution in [0.25, 0.3) is 0 Å². The summed E-state index contributed by atoms with van der Waals surface area (Å²) in [6.45, 7) is 1.65. The molecule has 3 aromatic carbocycles. The maximum atomic E-state index is 13.8. The first-order valence-electron chi connectivity index (χ1n) is 9.00. The summed E-state index contributed by atoms with van der Waals surface area (Å²) in [6.07, 6.45) is 0.319. The van der Waals surface area contributed by atoms with Gasteiger partial charge in [-0.2, -0.15) is 0 Å². The molecule has 28 heavy (non-hydrogen) atoms. The molecule has 0 aliphatic heterocycles. The SMILES string of the molecule is Cc1ccc(NC(=O)[C@@H](Cc2ccccc2)NC(=O)c2ccccc2)cc1F. The molecule has 0 radical (unpaired) electrons. The lowest BCUT2D eigenvalue weighted by Crippen LogP contribution is -2.45. The minimum atomic E-state index is -0.806. The summed E-state index contributed by atoms with van der Waals surface area (Å²) in [5.41, 5.74) is 2.22. The number of hydrogen-bond donors (Lipinski definition) is 2. The summed E-state index contributed by atoms with van der Waals surface area (Å²) in [6, 6.07) is 21.8. The van der Waals surface area contributed by atoms with Crippen molar-refractivity contribution in [2.45, 2.75) is 19.4 Å². The van der Waals surface area contributed by atoms with Crippen LogP contribution in [-0.2, 0) is 11.2 Å². The maximum Gasteiger partial charge on any atom is 0.251 e. The number of nitrogens with one attached hydrogen (secondary N) is 2. The van der Waals surface area contributed by atoms with Gasteiger partial charge in [-0.05, 0) is 42.3 Å². The zero-order valence-electron chi connectivity index (χ0n) is 15.5. The van der Waals surface area contributed by atoms with Gasteiger partial charge in [-0.25, -0.2) is 4.39 Å². The van der Waals surface area contributed by atoms with Gasteiger partial charge in [0.15, 0.2) is 0 Å². The van der Waals surface area contributed by atoms with Crippen LogP contribution in [0, 0.1) is 12.7 Å². The van der Waals surface area contributed by atoms with E-state index in [1.165, 1.54) is 6.07 Å². The van der Waals surface area contributed by atoms with E-state index in [-0.39, 0.29) is 5.91 Å². The average Bonchev–Trinajstić information content (AvgIpc) is 2.71. The first-order chi connectivity index (χ1) is 13.5. The highest BCUT2D eigenvalue weighted by atomic mass is 19.1. The molecule has 0 fully saturated rings. The number of rotatable bonds is 6. The molecular formula is C23H21FN2O2. The van der Waals surface area contributed by atoms with Gasteiger partial charge >= 0.3 is 0 Å². The van der Waals surface area contributed by atoms with Crippen molar-refractivity contribution in [3.63, 3.8) is 0 Å². The quantitative estimate of drug-likeness (QED) is 0.680. The van der Waals surface area contributed by atoms with Crippen molar-refractivity contribution in [1.29, 1.82) is 0 Å². The molecular weight excluding hydrogens is 355 g/mol. The maximum absolute atomic E-state index is 13.8. The molecule has 0 spiro atoms.